The lowest BCUT2D eigenvalue weighted by Crippen LogP contribution is -2.09. The third-order valence-corrected chi connectivity index (χ3v) is 3.12. The minimum absolute atomic E-state index is 0.445. The molecule has 0 fully saturated rings. The van der Waals surface area contributed by atoms with Gasteiger partial charge in [0.1, 0.15) is 11.9 Å². The summed E-state index contributed by atoms with van der Waals surface area (Å²) in [7, 11) is 3.49. The predicted octanol–water partition coefficient (Wildman–Crippen LogP) is 0.580. The average molecular weight is 286 g/mol. The van der Waals surface area contributed by atoms with Crippen molar-refractivity contribution in [2.24, 2.45) is 14.1 Å². The minimum atomic E-state index is -0.837. The first-order valence-electron chi connectivity index (χ1n) is 4.65. The van der Waals surface area contributed by atoms with Gasteiger partial charge in [0, 0.05) is 19.7 Å². The number of nitrogens with two attached hydrogens (primary N) is 1. The van der Waals surface area contributed by atoms with Crippen molar-refractivity contribution in [2.45, 2.75) is 6.10 Å². The first-order valence-corrected chi connectivity index (χ1v) is 5.44. The number of halogens is 1. The van der Waals surface area contributed by atoms with Crippen molar-refractivity contribution >= 4 is 21.7 Å². The quantitative estimate of drug-likeness (QED) is 0.846. The van der Waals surface area contributed by atoms with Crippen molar-refractivity contribution in [1.82, 2.24) is 19.6 Å². The van der Waals surface area contributed by atoms with Gasteiger partial charge < -0.3 is 10.8 Å². The molecule has 7 heteroatoms. The summed E-state index contributed by atoms with van der Waals surface area (Å²) in [6.45, 7) is 0. The second-order valence-corrected chi connectivity index (χ2v) is 4.37. The van der Waals surface area contributed by atoms with Crippen LogP contribution in [0.2, 0.25) is 0 Å². The normalized spacial score (nSPS) is 13.0. The highest BCUT2D eigenvalue weighted by molar-refractivity contribution is 9.10. The van der Waals surface area contributed by atoms with Crippen molar-refractivity contribution in [3.63, 3.8) is 0 Å². The van der Waals surface area contributed by atoms with E-state index in [4.69, 9.17) is 5.73 Å². The lowest BCUT2D eigenvalue weighted by atomic mass is 10.1. The number of anilines is 1. The zero-order chi connectivity index (χ0) is 11.9. The fourth-order valence-corrected chi connectivity index (χ4v) is 2.11. The monoisotopic (exact) mass is 285 g/mol. The fraction of sp³-hybridized carbons (Fsp3) is 0.333. The molecule has 1 unspecified atom stereocenters. The Kier molecular flexibility index (Phi) is 2.73. The van der Waals surface area contributed by atoms with Crippen LogP contribution in [0.25, 0.3) is 0 Å². The third kappa shape index (κ3) is 1.61. The Morgan fingerprint density at radius 1 is 1.31 bits per heavy atom. The number of aryl methyl sites for hydroxylation is 2. The molecule has 3 N–H and O–H groups in total. The molecule has 16 heavy (non-hydrogen) atoms. The van der Waals surface area contributed by atoms with Gasteiger partial charge in [-0.3, -0.25) is 9.36 Å². The first-order chi connectivity index (χ1) is 7.52. The summed E-state index contributed by atoms with van der Waals surface area (Å²) in [6, 6.07) is 0. The molecule has 0 saturated carbocycles. The molecule has 0 aliphatic rings. The van der Waals surface area contributed by atoms with Crippen LogP contribution in [0, 0.1) is 0 Å². The molecule has 0 radical (unpaired) electrons. The number of aromatic nitrogens is 4. The zero-order valence-corrected chi connectivity index (χ0v) is 10.5. The molecule has 2 heterocycles. The molecule has 86 valence electrons. The number of rotatable bonds is 2. The van der Waals surface area contributed by atoms with Crippen LogP contribution in [0.5, 0.6) is 0 Å². The Hall–Kier alpha value is -1.34. The van der Waals surface area contributed by atoms with Crippen LogP contribution in [0.3, 0.4) is 0 Å². The molecule has 2 aromatic heterocycles. The fourth-order valence-electron chi connectivity index (χ4n) is 1.55. The van der Waals surface area contributed by atoms with Crippen LogP contribution >= 0.6 is 15.9 Å². The summed E-state index contributed by atoms with van der Waals surface area (Å²) in [5, 5.41) is 18.2. The number of hydrogen-bond acceptors (Lipinski definition) is 4. The molecule has 1 atom stereocenters. The molecule has 0 bridgehead atoms. The Labute approximate surface area is 101 Å². The lowest BCUT2D eigenvalue weighted by Gasteiger charge is -2.11. The number of hydrogen-bond donors (Lipinski definition) is 2. The van der Waals surface area contributed by atoms with Crippen LogP contribution in [0.4, 0.5) is 5.82 Å². The summed E-state index contributed by atoms with van der Waals surface area (Å²) < 4.78 is 3.86. The number of aliphatic hydroxyl groups is 1. The smallest absolute Gasteiger partial charge is 0.127 e. The number of nitrogens with zero attached hydrogens (tertiary/aromatic N) is 4. The van der Waals surface area contributed by atoms with Gasteiger partial charge in [0.15, 0.2) is 0 Å². The minimum Gasteiger partial charge on any atom is -0.384 e. The van der Waals surface area contributed by atoms with E-state index in [2.05, 4.69) is 26.1 Å². The zero-order valence-electron chi connectivity index (χ0n) is 8.92. The van der Waals surface area contributed by atoms with E-state index in [-0.39, 0.29) is 0 Å². The van der Waals surface area contributed by atoms with Gasteiger partial charge in [-0.05, 0) is 15.9 Å². The molecule has 0 amide bonds. The second-order valence-electron chi connectivity index (χ2n) is 3.51. The summed E-state index contributed by atoms with van der Waals surface area (Å²) in [6.07, 6.45) is 2.35. The predicted molar refractivity (Wildman–Crippen MR) is 62.6 cm³/mol. The van der Waals surface area contributed by atoms with E-state index in [1.807, 2.05) is 0 Å². The molecule has 0 aliphatic carbocycles. The molecule has 0 saturated heterocycles. The summed E-state index contributed by atoms with van der Waals surface area (Å²) >= 11 is 3.34. The van der Waals surface area contributed by atoms with Gasteiger partial charge in [0.25, 0.3) is 0 Å². The van der Waals surface area contributed by atoms with Gasteiger partial charge in [-0.25, -0.2) is 0 Å². The largest absolute Gasteiger partial charge is 0.384 e. The van der Waals surface area contributed by atoms with Crippen molar-refractivity contribution in [3.05, 3.63) is 28.1 Å². The Bertz CT molecular complexity index is 498. The summed E-state index contributed by atoms with van der Waals surface area (Å²) in [4.78, 5) is 0. The van der Waals surface area contributed by atoms with Gasteiger partial charge >= 0.3 is 0 Å². The second kappa shape index (κ2) is 3.91. The summed E-state index contributed by atoms with van der Waals surface area (Å²) in [5.41, 5.74) is 7.03. The molecule has 2 aromatic rings. The molecule has 6 nitrogen and oxygen atoms in total. The SMILES string of the molecule is Cn1ncc(C(O)c2c(Br)cnn2C)c1N. The average Bonchev–Trinajstić information content (AvgIpc) is 2.73. The highest BCUT2D eigenvalue weighted by Crippen LogP contribution is 2.30. The van der Waals surface area contributed by atoms with Crippen molar-refractivity contribution < 1.29 is 5.11 Å². The maximum Gasteiger partial charge on any atom is 0.127 e. The Balaban J connectivity index is 2.47. The molecule has 0 spiro atoms. The highest BCUT2D eigenvalue weighted by atomic mass is 79.9. The van der Waals surface area contributed by atoms with Gasteiger partial charge in [0.2, 0.25) is 0 Å². The van der Waals surface area contributed by atoms with Gasteiger partial charge in [-0.1, -0.05) is 0 Å². The molecule has 2 rings (SSSR count). The standard InChI is InChI=1S/C9H12BrN5O/c1-14-7(6(10)4-13-14)8(16)5-3-12-15(2)9(5)11/h3-4,8,16H,11H2,1-2H3. The van der Waals surface area contributed by atoms with Crippen molar-refractivity contribution in [1.29, 1.82) is 0 Å². The van der Waals surface area contributed by atoms with E-state index in [9.17, 15) is 5.11 Å². The van der Waals surface area contributed by atoms with E-state index >= 15 is 0 Å². The Morgan fingerprint density at radius 2 is 1.94 bits per heavy atom. The van der Waals surface area contributed by atoms with E-state index < -0.39 is 6.10 Å². The van der Waals surface area contributed by atoms with Crippen LogP contribution in [-0.2, 0) is 14.1 Å². The number of nitrogen functional groups attached to an aromatic ring is 1. The molecule has 0 aromatic carbocycles. The highest BCUT2D eigenvalue weighted by Gasteiger charge is 2.22. The third-order valence-electron chi connectivity index (χ3n) is 2.51. The number of aliphatic hydroxyl groups excluding tert-OH is 1. The van der Waals surface area contributed by atoms with E-state index in [0.717, 1.165) is 4.47 Å². The Morgan fingerprint density at radius 3 is 2.38 bits per heavy atom. The first kappa shape index (κ1) is 11.2. The van der Waals surface area contributed by atoms with Crippen LogP contribution < -0.4 is 5.73 Å². The molecular weight excluding hydrogens is 274 g/mol. The van der Waals surface area contributed by atoms with Crippen molar-refractivity contribution in [2.75, 3.05) is 5.73 Å². The van der Waals surface area contributed by atoms with E-state index in [1.54, 1.807) is 31.2 Å². The van der Waals surface area contributed by atoms with Gasteiger partial charge in [0.05, 0.1) is 22.6 Å². The van der Waals surface area contributed by atoms with Crippen LogP contribution in [-0.4, -0.2) is 24.7 Å². The van der Waals surface area contributed by atoms with Crippen LogP contribution in [0.15, 0.2) is 16.9 Å². The topological polar surface area (TPSA) is 81.9 Å². The van der Waals surface area contributed by atoms with Gasteiger partial charge in [-0.2, -0.15) is 10.2 Å². The lowest BCUT2D eigenvalue weighted by molar-refractivity contribution is 0.209. The summed E-state index contributed by atoms with van der Waals surface area (Å²) in [5.74, 6) is 0.445. The van der Waals surface area contributed by atoms with Gasteiger partial charge in [-0.15, -0.1) is 0 Å². The maximum absolute atomic E-state index is 10.2. The molecular formula is C9H12BrN5O. The van der Waals surface area contributed by atoms with Crippen LogP contribution in [0.1, 0.15) is 17.4 Å². The van der Waals surface area contributed by atoms with E-state index in [0.29, 0.717) is 17.1 Å². The maximum atomic E-state index is 10.2. The van der Waals surface area contributed by atoms with E-state index in [1.165, 1.54) is 4.68 Å². The molecule has 0 aliphatic heterocycles. The van der Waals surface area contributed by atoms with Crippen molar-refractivity contribution in [3.8, 4) is 0 Å².